The summed E-state index contributed by atoms with van der Waals surface area (Å²) in [4.78, 5) is 4.40. The number of nitrogens with one attached hydrogen (secondary N) is 2. The van der Waals surface area contributed by atoms with Crippen LogP contribution in [0, 0.1) is 12.3 Å². The van der Waals surface area contributed by atoms with Gasteiger partial charge in [0.1, 0.15) is 18.2 Å². The second-order valence-electron chi connectivity index (χ2n) is 6.41. The quantitative estimate of drug-likeness (QED) is 0.543. The highest BCUT2D eigenvalue weighted by molar-refractivity contribution is 6.15. The number of aromatic nitrogens is 1. The van der Waals surface area contributed by atoms with Gasteiger partial charge in [-0.1, -0.05) is 43.3 Å². The normalized spacial score (nSPS) is 10.4. The topological polar surface area (TPSA) is 58.0 Å². The summed E-state index contributed by atoms with van der Waals surface area (Å²) in [5.41, 5.74) is 4.28. The van der Waals surface area contributed by atoms with Gasteiger partial charge in [0, 0.05) is 23.9 Å². The van der Waals surface area contributed by atoms with Gasteiger partial charge in [0.2, 0.25) is 0 Å². The van der Waals surface area contributed by atoms with Crippen molar-refractivity contribution in [2.75, 3.05) is 11.9 Å². The minimum atomic E-state index is 0.405. The number of para-hydroxylation sites is 1. The van der Waals surface area contributed by atoms with Crippen LogP contribution in [-0.2, 0) is 6.61 Å². The first-order chi connectivity index (χ1) is 13.2. The molecule has 0 radical (unpaired) electrons. The van der Waals surface area contributed by atoms with E-state index in [1.165, 1.54) is 5.56 Å². The Morgan fingerprint density at radius 2 is 1.74 bits per heavy atom. The molecule has 0 saturated carbocycles. The second-order valence-corrected chi connectivity index (χ2v) is 6.41. The molecular weight excluding hydrogens is 334 g/mol. The van der Waals surface area contributed by atoms with E-state index < -0.39 is 0 Å². The fraction of sp³-hybridized carbons (Fsp3) is 0.217. The third kappa shape index (κ3) is 4.53. The van der Waals surface area contributed by atoms with Crippen molar-refractivity contribution in [3.63, 3.8) is 0 Å². The number of anilines is 1. The molecule has 1 aromatic heterocycles. The van der Waals surface area contributed by atoms with Crippen LogP contribution in [0.5, 0.6) is 5.75 Å². The molecule has 0 fully saturated rings. The third-order valence-corrected chi connectivity index (χ3v) is 4.42. The van der Waals surface area contributed by atoms with Gasteiger partial charge < -0.3 is 10.1 Å². The predicted molar refractivity (Wildman–Crippen MR) is 111 cm³/mol. The first-order valence-corrected chi connectivity index (χ1v) is 9.25. The molecule has 3 rings (SSSR count). The molecule has 0 aliphatic carbocycles. The van der Waals surface area contributed by atoms with E-state index in [0.29, 0.717) is 18.1 Å². The lowest BCUT2D eigenvalue weighted by atomic mass is 10.0. The number of ether oxygens (including phenoxy) is 1. The van der Waals surface area contributed by atoms with Crippen LogP contribution in [0.15, 0.2) is 66.9 Å². The lowest BCUT2D eigenvalue weighted by Crippen LogP contribution is -2.11. The highest BCUT2D eigenvalue weighted by atomic mass is 16.5. The molecule has 4 nitrogen and oxygen atoms in total. The Balaban J connectivity index is 1.85. The van der Waals surface area contributed by atoms with Crippen molar-refractivity contribution in [3.8, 4) is 5.75 Å². The predicted octanol–water partition coefficient (Wildman–Crippen LogP) is 5.21. The number of hydrogen-bond donors (Lipinski definition) is 2. The van der Waals surface area contributed by atoms with Gasteiger partial charge in [0.25, 0.3) is 0 Å². The van der Waals surface area contributed by atoms with E-state index in [1.807, 2.05) is 48.5 Å². The number of benzene rings is 2. The fourth-order valence-corrected chi connectivity index (χ4v) is 2.86. The number of hydrogen-bond acceptors (Lipinski definition) is 4. The van der Waals surface area contributed by atoms with Crippen LogP contribution < -0.4 is 10.1 Å². The standard InChI is InChI=1S/C23H25N3O/c1-3-14-25-23-20(12-8-15-26-23)22(24)19-11-6-7-13-21(19)27-16-18-10-5-4-9-17(18)2/h4-13,15,24H,3,14,16H2,1-2H3,(H,25,26). The van der Waals surface area contributed by atoms with E-state index in [1.54, 1.807) is 6.20 Å². The van der Waals surface area contributed by atoms with Crippen LogP contribution in [0.2, 0.25) is 0 Å². The Morgan fingerprint density at radius 1 is 1.00 bits per heavy atom. The Kier molecular flexibility index (Phi) is 6.21. The fourth-order valence-electron chi connectivity index (χ4n) is 2.86. The molecule has 0 amide bonds. The van der Waals surface area contributed by atoms with Crippen LogP contribution in [0.1, 0.15) is 35.6 Å². The molecule has 0 aliphatic rings. The molecule has 0 saturated heterocycles. The summed E-state index contributed by atoms with van der Waals surface area (Å²) in [6.45, 7) is 5.48. The molecule has 0 bridgehead atoms. The van der Waals surface area contributed by atoms with Crippen molar-refractivity contribution in [2.24, 2.45) is 0 Å². The summed E-state index contributed by atoms with van der Waals surface area (Å²) >= 11 is 0. The Morgan fingerprint density at radius 3 is 2.56 bits per heavy atom. The van der Waals surface area contributed by atoms with Gasteiger partial charge in [-0.15, -0.1) is 0 Å². The zero-order valence-corrected chi connectivity index (χ0v) is 15.8. The minimum absolute atomic E-state index is 0.405. The molecule has 138 valence electrons. The second kappa shape index (κ2) is 8.99. The van der Waals surface area contributed by atoms with E-state index in [2.05, 4.69) is 36.3 Å². The highest BCUT2D eigenvalue weighted by Gasteiger charge is 2.15. The van der Waals surface area contributed by atoms with Gasteiger partial charge in [-0.2, -0.15) is 0 Å². The van der Waals surface area contributed by atoms with Crippen molar-refractivity contribution in [2.45, 2.75) is 26.9 Å². The van der Waals surface area contributed by atoms with E-state index in [0.717, 1.165) is 35.5 Å². The third-order valence-electron chi connectivity index (χ3n) is 4.42. The van der Waals surface area contributed by atoms with Crippen molar-refractivity contribution in [1.29, 1.82) is 5.41 Å². The molecule has 0 atom stereocenters. The zero-order chi connectivity index (χ0) is 19.1. The number of rotatable bonds is 8. The summed E-state index contributed by atoms with van der Waals surface area (Å²) in [5, 5.41) is 12.1. The zero-order valence-electron chi connectivity index (χ0n) is 15.8. The van der Waals surface area contributed by atoms with E-state index >= 15 is 0 Å². The van der Waals surface area contributed by atoms with Gasteiger partial charge in [0.15, 0.2) is 0 Å². The van der Waals surface area contributed by atoms with E-state index in [-0.39, 0.29) is 0 Å². The molecule has 0 unspecified atom stereocenters. The van der Waals surface area contributed by atoms with Gasteiger partial charge in [-0.25, -0.2) is 4.98 Å². The lowest BCUT2D eigenvalue weighted by molar-refractivity contribution is 0.305. The Hall–Kier alpha value is -3.14. The van der Waals surface area contributed by atoms with Gasteiger partial charge in [-0.05, 0) is 48.7 Å². The molecule has 0 aliphatic heterocycles. The highest BCUT2D eigenvalue weighted by Crippen LogP contribution is 2.25. The average Bonchev–Trinajstić information content (AvgIpc) is 2.71. The van der Waals surface area contributed by atoms with E-state index in [4.69, 9.17) is 10.1 Å². The van der Waals surface area contributed by atoms with Crippen LogP contribution >= 0.6 is 0 Å². The Bertz CT molecular complexity index is 921. The summed E-state index contributed by atoms with van der Waals surface area (Å²) in [6.07, 6.45) is 2.74. The molecule has 27 heavy (non-hydrogen) atoms. The van der Waals surface area contributed by atoms with Crippen LogP contribution in [0.3, 0.4) is 0 Å². The lowest BCUT2D eigenvalue weighted by Gasteiger charge is -2.15. The average molecular weight is 359 g/mol. The van der Waals surface area contributed by atoms with Crippen LogP contribution in [0.25, 0.3) is 0 Å². The Labute approximate surface area is 160 Å². The maximum Gasteiger partial charge on any atom is 0.135 e. The maximum absolute atomic E-state index is 8.75. The molecule has 2 N–H and O–H groups in total. The number of aryl methyl sites for hydroxylation is 1. The number of nitrogens with zero attached hydrogens (tertiary/aromatic N) is 1. The van der Waals surface area contributed by atoms with Crippen LogP contribution in [-0.4, -0.2) is 17.2 Å². The summed E-state index contributed by atoms with van der Waals surface area (Å²) in [5.74, 6) is 1.44. The van der Waals surface area contributed by atoms with Crippen molar-refractivity contribution < 1.29 is 4.74 Å². The summed E-state index contributed by atoms with van der Waals surface area (Å²) in [7, 11) is 0. The monoisotopic (exact) mass is 359 g/mol. The molecule has 0 spiro atoms. The summed E-state index contributed by atoms with van der Waals surface area (Å²) in [6, 6.07) is 19.7. The summed E-state index contributed by atoms with van der Waals surface area (Å²) < 4.78 is 6.09. The first-order valence-electron chi connectivity index (χ1n) is 9.25. The molecule has 3 aromatic rings. The van der Waals surface area contributed by atoms with Gasteiger partial charge >= 0.3 is 0 Å². The van der Waals surface area contributed by atoms with Gasteiger partial charge in [-0.3, -0.25) is 5.41 Å². The van der Waals surface area contributed by atoms with Crippen molar-refractivity contribution >= 4 is 11.5 Å². The number of pyridine rings is 1. The maximum atomic E-state index is 8.75. The van der Waals surface area contributed by atoms with Crippen molar-refractivity contribution in [1.82, 2.24) is 4.98 Å². The minimum Gasteiger partial charge on any atom is -0.488 e. The molecular formula is C23H25N3O. The van der Waals surface area contributed by atoms with Gasteiger partial charge in [0.05, 0.1) is 5.71 Å². The van der Waals surface area contributed by atoms with E-state index in [9.17, 15) is 0 Å². The smallest absolute Gasteiger partial charge is 0.135 e. The molecule has 1 heterocycles. The first kappa shape index (κ1) is 18.6. The SMILES string of the molecule is CCCNc1ncccc1C(=N)c1ccccc1OCc1ccccc1C. The largest absolute Gasteiger partial charge is 0.488 e. The molecule has 2 aromatic carbocycles. The molecule has 4 heteroatoms. The van der Waals surface area contributed by atoms with Crippen molar-refractivity contribution in [3.05, 3.63) is 89.1 Å². The van der Waals surface area contributed by atoms with Crippen LogP contribution in [0.4, 0.5) is 5.82 Å².